The highest BCUT2D eigenvalue weighted by Crippen LogP contribution is 2.30. The summed E-state index contributed by atoms with van der Waals surface area (Å²) in [7, 11) is 3.30. The van der Waals surface area contributed by atoms with Crippen molar-refractivity contribution in [2.24, 2.45) is 0 Å². The molecule has 0 saturated carbocycles. The first-order valence-corrected chi connectivity index (χ1v) is 26.2. The molecule has 8 nitrogen and oxygen atoms in total. The predicted molar refractivity (Wildman–Crippen MR) is 221 cm³/mol. The maximum atomic E-state index is 9.66. The second kappa shape index (κ2) is 36.4. The van der Waals surface area contributed by atoms with Crippen LogP contribution in [0.2, 0.25) is 0 Å². The fraction of sp³-hybridized carbons (Fsp3) is 1.00. The summed E-state index contributed by atoms with van der Waals surface area (Å²) in [5.41, 5.74) is 0. The van der Waals surface area contributed by atoms with Crippen LogP contribution in [-0.4, -0.2) is 90.3 Å². The predicted octanol–water partition coefficient (Wildman–Crippen LogP) is 11.6. The Morgan fingerprint density at radius 2 is 0.500 bits per heavy atom. The van der Waals surface area contributed by atoms with Crippen LogP contribution in [0.3, 0.4) is 0 Å². The fourth-order valence-electron chi connectivity index (χ4n) is 5.63. The van der Waals surface area contributed by atoms with Gasteiger partial charge in [-0.25, -0.2) is 16.8 Å². The summed E-state index contributed by atoms with van der Waals surface area (Å²) in [6, 6.07) is 0. The first-order chi connectivity index (χ1) is 23.3. The van der Waals surface area contributed by atoms with Crippen LogP contribution in [0.5, 0.6) is 0 Å². The molecule has 0 radical (unpaired) electrons. The van der Waals surface area contributed by atoms with Crippen LogP contribution >= 0.6 is 19.7 Å². The van der Waals surface area contributed by atoms with Crippen molar-refractivity contribution >= 4 is 38.0 Å². The monoisotopic (exact) mass is 793 g/mol. The highest BCUT2D eigenvalue weighted by atomic mass is 33.7. The number of hydrogen-bond donors (Lipinski definition) is 0. The fourth-order valence-corrected chi connectivity index (χ4v) is 11.1. The van der Waals surface area contributed by atoms with Gasteiger partial charge in [-0.1, -0.05) is 168 Å². The van der Waals surface area contributed by atoms with Gasteiger partial charge in [-0.2, -0.15) is 0 Å². The van der Waals surface area contributed by atoms with Gasteiger partial charge in [0.05, 0.1) is 55.4 Å². The average molecular weight is 793 g/mol. The van der Waals surface area contributed by atoms with Gasteiger partial charge in [-0.15, -0.1) is 0 Å². The lowest BCUT2D eigenvalue weighted by atomic mass is 10.0. The van der Waals surface area contributed by atoms with Crippen molar-refractivity contribution in [3.63, 3.8) is 0 Å². The zero-order valence-corrected chi connectivity index (χ0v) is 37.5. The average Bonchev–Trinajstić information content (AvgIpc) is 2.99. The number of quaternary nitrogens is 2. The summed E-state index contributed by atoms with van der Waals surface area (Å²) in [6.45, 7) is 7.25. The highest BCUT2D eigenvalue weighted by Gasteiger charge is 2.06. The number of rotatable bonds is 33. The molecule has 0 saturated heterocycles. The van der Waals surface area contributed by atoms with Crippen molar-refractivity contribution < 1.29 is 34.9 Å². The van der Waals surface area contributed by atoms with E-state index in [2.05, 4.69) is 56.1 Å². The van der Waals surface area contributed by atoms with Crippen molar-refractivity contribution in [3.8, 4) is 0 Å². The van der Waals surface area contributed by atoms with Crippen LogP contribution in [0.1, 0.15) is 194 Å². The van der Waals surface area contributed by atoms with E-state index >= 15 is 0 Å². The van der Waals surface area contributed by atoms with Crippen LogP contribution in [0.25, 0.3) is 0 Å². The molecule has 0 heterocycles. The summed E-state index contributed by atoms with van der Waals surface area (Å²) in [5.74, 6) is 0. The van der Waals surface area contributed by atoms with E-state index < -0.39 is 38.0 Å². The summed E-state index contributed by atoms with van der Waals surface area (Å²) in [4.78, 5) is 0. The van der Waals surface area contributed by atoms with Gasteiger partial charge >= 0.3 is 0 Å². The van der Waals surface area contributed by atoms with E-state index in [1.54, 1.807) is 0 Å². The zero-order chi connectivity index (χ0) is 38.6. The van der Waals surface area contributed by atoms with Crippen LogP contribution in [-0.2, 0) is 18.3 Å². The molecule has 0 aromatic rings. The first-order valence-electron chi connectivity index (χ1n) is 20.2. The molecule has 0 aromatic carbocycles. The topological polar surface area (TPSA) is 114 Å². The lowest BCUT2D eigenvalue weighted by molar-refractivity contribution is -0.870. The van der Waals surface area contributed by atoms with Gasteiger partial charge in [0.15, 0.2) is 18.3 Å². The largest absolute Gasteiger partial charge is 0.739 e. The quantitative estimate of drug-likeness (QED) is 0.0279. The maximum absolute atomic E-state index is 9.66. The van der Waals surface area contributed by atoms with Crippen molar-refractivity contribution in [2.45, 2.75) is 194 Å². The Hall–Kier alpha value is 0.440. The number of nitrogens with zero attached hydrogens (tertiary/aromatic N) is 2. The van der Waals surface area contributed by atoms with E-state index in [0.29, 0.717) is 0 Å². The van der Waals surface area contributed by atoms with Gasteiger partial charge < -0.3 is 18.1 Å². The highest BCUT2D eigenvalue weighted by molar-refractivity contribution is 9.21. The molecule has 50 heavy (non-hydrogen) atoms. The molecule has 0 unspecified atom stereocenters. The normalized spacial score (nSPS) is 12.3. The molecule has 0 aliphatic carbocycles. The van der Waals surface area contributed by atoms with E-state index in [1.165, 1.54) is 193 Å². The lowest BCUT2D eigenvalue weighted by Gasteiger charge is -2.23. The SMILES string of the molecule is CCCCCCCCCCCCCCCC[N+](C)(C)C.CCCCCCCCCCCCCCCC[N+](C)(C)C.O=S(=O)([O-])SSS(=O)(=O)[O-]. The lowest BCUT2D eigenvalue weighted by Crippen LogP contribution is -2.35. The minimum absolute atomic E-state index is 0.527. The van der Waals surface area contributed by atoms with Crippen molar-refractivity contribution in [2.75, 3.05) is 55.4 Å². The minimum atomic E-state index is -4.71. The molecule has 0 aliphatic heterocycles. The van der Waals surface area contributed by atoms with E-state index in [9.17, 15) is 25.9 Å². The summed E-state index contributed by atoms with van der Waals surface area (Å²) < 4.78 is 60.2. The molecular weight excluding hydrogens is 709 g/mol. The Balaban J connectivity index is -0.000000701. The molecule has 0 aromatic heterocycles. The number of unbranched alkanes of at least 4 members (excludes halogenated alkanes) is 26. The maximum Gasteiger partial charge on any atom is 0.160 e. The van der Waals surface area contributed by atoms with Crippen LogP contribution in [0, 0.1) is 0 Å². The molecule has 0 rings (SSSR count). The van der Waals surface area contributed by atoms with Gasteiger partial charge in [-0.3, -0.25) is 0 Å². The van der Waals surface area contributed by atoms with Gasteiger partial charge in [0, 0.05) is 19.7 Å². The van der Waals surface area contributed by atoms with Crippen LogP contribution in [0.4, 0.5) is 0 Å². The molecular formula is C38H84N2O6S4. The summed E-state index contributed by atoms with van der Waals surface area (Å²) >= 11 is 0. The summed E-state index contributed by atoms with van der Waals surface area (Å²) in [5, 5.41) is 0. The molecule has 0 fully saturated rings. The van der Waals surface area contributed by atoms with Crippen molar-refractivity contribution in [1.29, 1.82) is 0 Å². The summed E-state index contributed by atoms with van der Waals surface area (Å²) in [6.07, 6.45) is 40.7. The van der Waals surface area contributed by atoms with Crippen molar-refractivity contribution in [1.82, 2.24) is 0 Å². The second-order valence-corrected chi connectivity index (χ2v) is 23.8. The van der Waals surface area contributed by atoms with E-state index in [1.807, 2.05) is 0 Å². The molecule has 0 N–H and O–H groups in total. The van der Waals surface area contributed by atoms with E-state index in [0.717, 1.165) is 8.97 Å². The van der Waals surface area contributed by atoms with Gasteiger partial charge in [0.25, 0.3) is 0 Å². The third-order valence-corrected chi connectivity index (χ3v) is 15.1. The Morgan fingerprint density at radius 3 is 0.640 bits per heavy atom. The molecule has 0 spiro atoms. The first kappa shape index (κ1) is 54.8. The van der Waals surface area contributed by atoms with Crippen LogP contribution in [0.15, 0.2) is 0 Å². The Morgan fingerprint density at radius 1 is 0.340 bits per heavy atom. The van der Waals surface area contributed by atoms with Gasteiger partial charge in [0.2, 0.25) is 0 Å². The molecule has 306 valence electrons. The number of hydrogen-bond acceptors (Lipinski definition) is 8. The minimum Gasteiger partial charge on any atom is -0.739 e. The van der Waals surface area contributed by atoms with E-state index in [-0.39, 0.29) is 0 Å². The Kier molecular flexibility index (Phi) is 39.9. The standard InChI is InChI=1S/2C19H42N.H2O6S4/c2*1-5-6-7-8-9-10-11-12-13-14-15-16-17-18-19-20(2,3)4;1-9(2,3)7-8-10(4,5)6/h2*5-19H2,1-4H3;(H,1,2,3)(H,4,5,6)/q2*+1;/p-2. The van der Waals surface area contributed by atoms with E-state index in [4.69, 9.17) is 0 Å². The Labute approximate surface area is 320 Å². The third-order valence-electron chi connectivity index (χ3n) is 8.56. The zero-order valence-electron chi connectivity index (χ0n) is 34.2. The Bertz CT molecular complexity index is 831. The molecule has 0 amide bonds. The molecule has 0 aliphatic rings. The molecule has 0 atom stereocenters. The molecule has 0 bridgehead atoms. The van der Waals surface area contributed by atoms with Crippen molar-refractivity contribution in [3.05, 3.63) is 0 Å². The van der Waals surface area contributed by atoms with Gasteiger partial charge in [-0.05, 0) is 25.7 Å². The molecule has 12 heteroatoms. The van der Waals surface area contributed by atoms with Gasteiger partial charge in [0.1, 0.15) is 0 Å². The smallest absolute Gasteiger partial charge is 0.160 e. The third kappa shape index (κ3) is 63.5. The van der Waals surface area contributed by atoms with Crippen LogP contribution < -0.4 is 0 Å². The second-order valence-electron chi connectivity index (χ2n) is 16.2.